The van der Waals surface area contributed by atoms with Crippen molar-refractivity contribution in [3.63, 3.8) is 0 Å². The van der Waals surface area contributed by atoms with Crippen LogP contribution in [0.3, 0.4) is 0 Å². The van der Waals surface area contributed by atoms with E-state index in [2.05, 4.69) is 0 Å². The highest BCUT2D eigenvalue weighted by atomic mass is 16.5. The molecular formula is C20H22O6. The molecule has 0 aromatic heterocycles. The second kappa shape index (κ2) is 6.27. The average Bonchev–Trinajstić information content (AvgIpc) is 2.67. The zero-order valence-electron chi connectivity index (χ0n) is 15.4. The van der Waals surface area contributed by atoms with Gasteiger partial charge in [-0.2, -0.15) is 0 Å². The number of rotatable bonds is 3. The van der Waals surface area contributed by atoms with Crippen molar-refractivity contribution >= 4 is 17.7 Å². The normalized spacial score (nSPS) is 23.2. The van der Waals surface area contributed by atoms with Gasteiger partial charge in [-0.15, -0.1) is 0 Å². The number of ether oxygens (including phenoxy) is 3. The van der Waals surface area contributed by atoms with E-state index in [4.69, 9.17) is 14.2 Å². The van der Waals surface area contributed by atoms with Gasteiger partial charge >= 0.3 is 11.9 Å². The summed E-state index contributed by atoms with van der Waals surface area (Å²) in [6, 6.07) is 5.27. The molecule has 1 aromatic carbocycles. The Balaban J connectivity index is 2.29. The largest absolute Gasteiger partial charge is 0.497 e. The molecule has 6 heteroatoms. The van der Waals surface area contributed by atoms with Crippen LogP contribution in [0, 0.1) is 5.41 Å². The Labute approximate surface area is 152 Å². The van der Waals surface area contributed by atoms with Crippen LogP contribution in [0.4, 0.5) is 0 Å². The number of carbonyl (C=O) groups excluding carboxylic acids is 3. The van der Waals surface area contributed by atoms with Crippen molar-refractivity contribution in [2.24, 2.45) is 5.41 Å². The van der Waals surface area contributed by atoms with Crippen LogP contribution in [0.25, 0.3) is 0 Å². The summed E-state index contributed by atoms with van der Waals surface area (Å²) in [4.78, 5) is 38.2. The van der Waals surface area contributed by atoms with E-state index in [-0.39, 0.29) is 12.2 Å². The molecule has 0 spiro atoms. The Morgan fingerprint density at radius 1 is 1.04 bits per heavy atom. The first-order valence-corrected chi connectivity index (χ1v) is 8.47. The number of methoxy groups -OCH3 is 3. The van der Waals surface area contributed by atoms with E-state index < -0.39 is 22.8 Å². The predicted molar refractivity (Wildman–Crippen MR) is 93.1 cm³/mol. The molecule has 0 N–H and O–H groups in total. The SMILES string of the molecule is COC(=O)C1(C(=O)OC)CCC[C@]2(C)C1=CC(=O)c1ccc(OC)cc12. The van der Waals surface area contributed by atoms with E-state index in [1.54, 1.807) is 19.2 Å². The quantitative estimate of drug-likeness (QED) is 0.610. The summed E-state index contributed by atoms with van der Waals surface area (Å²) >= 11 is 0. The first kappa shape index (κ1) is 18.2. The van der Waals surface area contributed by atoms with Gasteiger partial charge in [0.2, 0.25) is 0 Å². The van der Waals surface area contributed by atoms with Crippen LogP contribution in [-0.2, 0) is 24.5 Å². The lowest BCUT2D eigenvalue weighted by atomic mass is 9.54. The van der Waals surface area contributed by atoms with E-state index in [0.29, 0.717) is 29.7 Å². The molecule has 6 nitrogen and oxygen atoms in total. The van der Waals surface area contributed by atoms with E-state index in [9.17, 15) is 14.4 Å². The van der Waals surface area contributed by atoms with Gasteiger partial charge in [0, 0.05) is 11.0 Å². The molecule has 0 radical (unpaired) electrons. The third-order valence-corrected chi connectivity index (χ3v) is 5.71. The van der Waals surface area contributed by atoms with Crippen LogP contribution in [0.5, 0.6) is 5.75 Å². The van der Waals surface area contributed by atoms with Crippen LogP contribution in [-0.4, -0.2) is 39.1 Å². The number of allylic oxidation sites excluding steroid dienone is 1. The van der Waals surface area contributed by atoms with Crippen LogP contribution >= 0.6 is 0 Å². The Hall–Kier alpha value is -2.63. The molecule has 1 aromatic rings. The summed E-state index contributed by atoms with van der Waals surface area (Å²) < 4.78 is 15.2. The molecule has 0 aliphatic heterocycles. The third kappa shape index (κ3) is 2.28. The van der Waals surface area contributed by atoms with Crippen molar-refractivity contribution < 1.29 is 28.6 Å². The molecule has 1 fully saturated rings. The van der Waals surface area contributed by atoms with Crippen molar-refractivity contribution in [2.45, 2.75) is 31.6 Å². The summed E-state index contributed by atoms with van der Waals surface area (Å²) in [7, 11) is 4.03. The molecule has 0 bridgehead atoms. The molecule has 138 valence electrons. The number of carbonyl (C=O) groups is 3. The molecule has 0 amide bonds. The molecule has 26 heavy (non-hydrogen) atoms. The molecule has 0 saturated heterocycles. The van der Waals surface area contributed by atoms with Crippen molar-refractivity contribution in [3.8, 4) is 5.75 Å². The molecule has 0 heterocycles. The third-order valence-electron chi connectivity index (χ3n) is 5.71. The summed E-state index contributed by atoms with van der Waals surface area (Å²) in [5.41, 5.74) is -0.509. The Morgan fingerprint density at radius 2 is 1.69 bits per heavy atom. The monoisotopic (exact) mass is 358 g/mol. The molecule has 1 atom stereocenters. The fraction of sp³-hybridized carbons (Fsp3) is 0.450. The zero-order valence-corrected chi connectivity index (χ0v) is 15.4. The summed E-state index contributed by atoms with van der Waals surface area (Å²) in [5, 5.41) is 0. The number of ketones is 1. The minimum Gasteiger partial charge on any atom is -0.497 e. The van der Waals surface area contributed by atoms with Gasteiger partial charge in [-0.1, -0.05) is 13.3 Å². The second-order valence-electron chi connectivity index (χ2n) is 6.91. The zero-order chi connectivity index (χ0) is 19.1. The van der Waals surface area contributed by atoms with Gasteiger partial charge in [0.25, 0.3) is 0 Å². The lowest BCUT2D eigenvalue weighted by Gasteiger charge is -2.48. The van der Waals surface area contributed by atoms with Crippen molar-refractivity contribution in [2.75, 3.05) is 21.3 Å². The van der Waals surface area contributed by atoms with E-state index in [1.165, 1.54) is 20.3 Å². The summed E-state index contributed by atoms with van der Waals surface area (Å²) in [5.74, 6) is -1.01. The maximum Gasteiger partial charge on any atom is 0.327 e. The van der Waals surface area contributed by atoms with Crippen molar-refractivity contribution in [1.29, 1.82) is 0 Å². The number of esters is 2. The lowest BCUT2D eigenvalue weighted by Crippen LogP contribution is -2.52. The molecule has 1 saturated carbocycles. The number of hydrogen-bond donors (Lipinski definition) is 0. The van der Waals surface area contributed by atoms with Crippen molar-refractivity contribution in [3.05, 3.63) is 41.0 Å². The molecule has 2 aliphatic rings. The van der Waals surface area contributed by atoms with E-state index in [1.807, 2.05) is 13.0 Å². The summed E-state index contributed by atoms with van der Waals surface area (Å²) in [6.07, 6.45) is 2.98. The maximum atomic E-state index is 12.8. The average molecular weight is 358 g/mol. The molecular weight excluding hydrogens is 336 g/mol. The fourth-order valence-electron chi connectivity index (χ4n) is 4.40. The Morgan fingerprint density at radius 3 is 2.27 bits per heavy atom. The number of fused-ring (bicyclic) bond motifs is 3. The highest BCUT2D eigenvalue weighted by Gasteiger charge is 2.60. The molecule has 2 aliphatic carbocycles. The first-order chi connectivity index (χ1) is 12.3. The van der Waals surface area contributed by atoms with Gasteiger partial charge in [0.1, 0.15) is 5.75 Å². The van der Waals surface area contributed by atoms with Crippen LogP contribution in [0.1, 0.15) is 42.1 Å². The minimum atomic E-state index is -1.60. The topological polar surface area (TPSA) is 78.9 Å². The first-order valence-electron chi connectivity index (χ1n) is 8.47. The molecule has 3 rings (SSSR count). The lowest BCUT2D eigenvalue weighted by molar-refractivity contribution is -0.168. The standard InChI is InChI=1S/C20H22O6/c1-19-8-5-9-20(17(22)25-3,18(23)26-4)16(19)11-15(21)13-7-6-12(24-2)10-14(13)19/h6-7,10-11H,5,8-9H2,1-4H3/t19-/m0/s1. The highest BCUT2D eigenvalue weighted by Crippen LogP contribution is 2.56. The minimum absolute atomic E-state index is 0.241. The van der Waals surface area contributed by atoms with E-state index >= 15 is 0 Å². The van der Waals surface area contributed by atoms with Crippen LogP contribution in [0.15, 0.2) is 29.8 Å². The summed E-state index contributed by atoms with van der Waals surface area (Å²) in [6.45, 7) is 1.95. The van der Waals surface area contributed by atoms with Crippen LogP contribution in [0.2, 0.25) is 0 Å². The van der Waals surface area contributed by atoms with Gasteiger partial charge in [0.15, 0.2) is 11.2 Å². The van der Waals surface area contributed by atoms with Gasteiger partial charge in [-0.25, -0.2) is 0 Å². The highest BCUT2D eigenvalue weighted by molar-refractivity contribution is 6.12. The van der Waals surface area contributed by atoms with Gasteiger partial charge in [-0.05, 0) is 48.3 Å². The Kier molecular flexibility index (Phi) is 4.38. The van der Waals surface area contributed by atoms with Gasteiger partial charge in [-0.3, -0.25) is 14.4 Å². The van der Waals surface area contributed by atoms with Gasteiger partial charge in [0.05, 0.1) is 21.3 Å². The number of hydrogen-bond acceptors (Lipinski definition) is 6. The second-order valence-corrected chi connectivity index (χ2v) is 6.91. The fourth-order valence-corrected chi connectivity index (χ4v) is 4.40. The predicted octanol–water partition coefficient (Wildman–Crippen LogP) is 2.59. The maximum absolute atomic E-state index is 12.8. The van der Waals surface area contributed by atoms with Gasteiger partial charge < -0.3 is 14.2 Å². The van der Waals surface area contributed by atoms with Crippen molar-refractivity contribution in [1.82, 2.24) is 0 Å². The van der Waals surface area contributed by atoms with E-state index in [0.717, 1.165) is 5.56 Å². The van der Waals surface area contributed by atoms with Crippen LogP contribution < -0.4 is 4.74 Å². The number of benzene rings is 1. The Bertz CT molecular complexity index is 806. The smallest absolute Gasteiger partial charge is 0.327 e. The molecule has 0 unspecified atom stereocenters.